The van der Waals surface area contributed by atoms with Gasteiger partial charge in [-0.05, 0) is 34.1 Å². The molecule has 100 valence electrons. The van der Waals surface area contributed by atoms with Gasteiger partial charge in [0.05, 0.1) is 0 Å². The fourth-order valence-corrected chi connectivity index (χ4v) is 2.09. The summed E-state index contributed by atoms with van der Waals surface area (Å²) in [4.78, 5) is 11.6. The Morgan fingerprint density at radius 1 is 0.944 bits per heavy atom. The van der Waals surface area contributed by atoms with Crippen LogP contribution in [0, 0.1) is 0 Å². The molecule has 1 rings (SSSR count). The molecule has 3 heteroatoms. The van der Waals surface area contributed by atoms with E-state index in [1.54, 1.807) is 0 Å². The highest BCUT2D eigenvalue weighted by Crippen LogP contribution is 2.34. The highest BCUT2D eigenvalue weighted by molar-refractivity contribution is 5.95. The Bertz CT molecular complexity index is 476. The molecule has 0 saturated carbocycles. The average Bonchev–Trinajstić information content (AvgIpc) is 2.13. The summed E-state index contributed by atoms with van der Waals surface area (Å²) in [7, 11) is 0. The van der Waals surface area contributed by atoms with Crippen LogP contribution in [0.3, 0.4) is 0 Å². The lowest BCUT2D eigenvalue weighted by Gasteiger charge is -2.27. The lowest BCUT2D eigenvalue weighted by Crippen LogP contribution is -2.24. The molecular formula is C15H24N2O. The zero-order valence-corrected chi connectivity index (χ0v) is 12.2. The van der Waals surface area contributed by atoms with Crippen LogP contribution < -0.4 is 11.5 Å². The minimum Gasteiger partial charge on any atom is -0.398 e. The van der Waals surface area contributed by atoms with E-state index in [4.69, 9.17) is 11.5 Å². The first kappa shape index (κ1) is 14.6. The Hall–Kier alpha value is -1.51. The van der Waals surface area contributed by atoms with E-state index in [1.165, 1.54) is 0 Å². The first-order valence-electron chi connectivity index (χ1n) is 6.19. The topological polar surface area (TPSA) is 69.1 Å². The number of benzene rings is 1. The minimum absolute atomic E-state index is 0.106. The highest BCUT2D eigenvalue weighted by atomic mass is 16.1. The van der Waals surface area contributed by atoms with Crippen molar-refractivity contribution in [3.63, 3.8) is 0 Å². The number of hydrogen-bond donors (Lipinski definition) is 2. The molecule has 0 atom stereocenters. The van der Waals surface area contributed by atoms with Crippen LogP contribution in [-0.2, 0) is 10.8 Å². The monoisotopic (exact) mass is 248 g/mol. The molecule has 0 bridgehead atoms. The zero-order valence-electron chi connectivity index (χ0n) is 12.2. The molecule has 0 aliphatic carbocycles. The fraction of sp³-hybridized carbons (Fsp3) is 0.533. The maximum absolute atomic E-state index is 11.6. The Labute approximate surface area is 110 Å². The van der Waals surface area contributed by atoms with Gasteiger partial charge in [0.15, 0.2) is 0 Å². The molecule has 0 aliphatic heterocycles. The molecular weight excluding hydrogens is 224 g/mol. The molecule has 18 heavy (non-hydrogen) atoms. The van der Waals surface area contributed by atoms with Crippen LogP contribution in [0.5, 0.6) is 0 Å². The van der Waals surface area contributed by atoms with Gasteiger partial charge in [-0.3, -0.25) is 4.79 Å². The molecule has 0 unspecified atom stereocenters. The third-order valence-electron chi connectivity index (χ3n) is 3.07. The quantitative estimate of drug-likeness (QED) is 0.750. The van der Waals surface area contributed by atoms with Gasteiger partial charge in [-0.1, -0.05) is 41.5 Å². The van der Waals surface area contributed by atoms with Crippen LogP contribution in [0.15, 0.2) is 12.1 Å². The number of amides is 1. The van der Waals surface area contributed by atoms with E-state index in [-0.39, 0.29) is 10.8 Å². The Kier molecular flexibility index (Phi) is 3.48. The molecule has 1 aromatic rings. The molecule has 4 N–H and O–H groups in total. The van der Waals surface area contributed by atoms with Gasteiger partial charge in [0.25, 0.3) is 0 Å². The van der Waals surface area contributed by atoms with Crippen molar-refractivity contribution in [3.05, 3.63) is 28.8 Å². The summed E-state index contributed by atoms with van der Waals surface area (Å²) in [5.74, 6) is -0.398. The van der Waals surface area contributed by atoms with Crippen molar-refractivity contribution >= 4 is 11.6 Å². The number of rotatable bonds is 1. The number of anilines is 1. The molecule has 0 spiro atoms. The second-order valence-corrected chi connectivity index (χ2v) is 6.85. The van der Waals surface area contributed by atoms with E-state index < -0.39 is 5.91 Å². The van der Waals surface area contributed by atoms with Crippen LogP contribution >= 0.6 is 0 Å². The van der Waals surface area contributed by atoms with E-state index >= 15 is 0 Å². The van der Waals surface area contributed by atoms with Crippen molar-refractivity contribution in [2.75, 3.05) is 5.73 Å². The Morgan fingerprint density at radius 3 is 1.72 bits per heavy atom. The molecule has 0 saturated heterocycles. The molecule has 3 nitrogen and oxygen atoms in total. The number of hydrogen-bond acceptors (Lipinski definition) is 2. The average molecular weight is 248 g/mol. The number of carbonyl (C=O) groups is 1. The molecule has 0 aliphatic rings. The second-order valence-electron chi connectivity index (χ2n) is 6.85. The van der Waals surface area contributed by atoms with Gasteiger partial charge in [0, 0.05) is 11.3 Å². The summed E-state index contributed by atoms with van der Waals surface area (Å²) in [6.07, 6.45) is 0. The largest absolute Gasteiger partial charge is 0.398 e. The van der Waals surface area contributed by atoms with Crippen molar-refractivity contribution in [1.29, 1.82) is 0 Å². The summed E-state index contributed by atoms with van der Waals surface area (Å²) < 4.78 is 0. The van der Waals surface area contributed by atoms with Gasteiger partial charge in [-0.2, -0.15) is 0 Å². The molecule has 0 radical (unpaired) electrons. The smallest absolute Gasteiger partial charge is 0.249 e. The standard InChI is InChI=1S/C15H24N2O/c1-14(2,3)10-8-12(16)11(15(4,5)6)7-9(10)13(17)18/h7-8H,16H2,1-6H3,(H2,17,18). The number of nitrogen functional groups attached to an aromatic ring is 1. The van der Waals surface area contributed by atoms with Crippen molar-refractivity contribution in [2.45, 2.75) is 52.4 Å². The molecule has 0 heterocycles. The van der Waals surface area contributed by atoms with Crippen LogP contribution in [-0.4, -0.2) is 5.91 Å². The summed E-state index contributed by atoms with van der Waals surface area (Å²) in [5, 5.41) is 0. The molecule has 1 amide bonds. The molecule has 1 aromatic carbocycles. The van der Waals surface area contributed by atoms with Crippen LogP contribution in [0.1, 0.15) is 63.0 Å². The third kappa shape index (κ3) is 2.84. The van der Waals surface area contributed by atoms with Gasteiger partial charge < -0.3 is 11.5 Å². The van der Waals surface area contributed by atoms with E-state index in [0.717, 1.165) is 16.8 Å². The van der Waals surface area contributed by atoms with E-state index in [2.05, 4.69) is 20.8 Å². The lowest BCUT2D eigenvalue weighted by atomic mass is 9.78. The van der Waals surface area contributed by atoms with E-state index in [9.17, 15) is 4.79 Å². The first-order chi connectivity index (χ1) is 7.94. The van der Waals surface area contributed by atoms with Crippen molar-refractivity contribution in [2.24, 2.45) is 5.73 Å². The van der Waals surface area contributed by atoms with E-state index in [0.29, 0.717) is 5.56 Å². The Balaban J connectivity index is 3.60. The van der Waals surface area contributed by atoms with Crippen molar-refractivity contribution in [1.82, 2.24) is 0 Å². The van der Waals surface area contributed by atoms with Gasteiger partial charge >= 0.3 is 0 Å². The van der Waals surface area contributed by atoms with Crippen LogP contribution in [0.25, 0.3) is 0 Å². The fourth-order valence-electron chi connectivity index (χ4n) is 2.09. The van der Waals surface area contributed by atoms with Gasteiger partial charge in [-0.15, -0.1) is 0 Å². The number of carbonyl (C=O) groups excluding carboxylic acids is 1. The van der Waals surface area contributed by atoms with Gasteiger partial charge in [0.2, 0.25) is 5.91 Å². The van der Waals surface area contributed by atoms with Gasteiger partial charge in [-0.25, -0.2) is 0 Å². The molecule has 0 fully saturated rings. The van der Waals surface area contributed by atoms with Crippen molar-refractivity contribution < 1.29 is 4.79 Å². The molecule has 0 aromatic heterocycles. The Morgan fingerprint density at radius 2 is 1.39 bits per heavy atom. The SMILES string of the molecule is CC(C)(C)c1cc(C(N)=O)c(C(C)(C)C)cc1N. The maximum Gasteiger partial charge on any atom is 0.249 e. The highest BCUT2D eigenvalue weighted by Gasteiger charge is 2.25. The van der Waals surface area contributed by atoms with Gasteiger partial charge in [0.1, 0.15) is 0 Å². The predicted octanol–water partition coefficient (Wildman–Crippen LogP) is 2.96. The summed E-state index contributed by atoms with van der Waals surface area (Å²) in [6, 6.07) is 3.74. The summed E-state index contributed by atoms with van der Waals surface area (Å²) in [5.41, 5.74) is 14.5. The van der Waals surface area contributed by atoms with Crippen molar-refractivity contribution in [3.8, 4) is 0 Å². The van der Waals surface area contributed by atoms with E-state index in [1.807, 2.05) is 32.9 Å². The number of primary amides is 1. The lowest BCUT2D eigenvalue weighted by molar-refractivity contribution is 0.0998. The third-order valence-corrected chi connectivity index (χ3v) is 3.07. The van der Waals surface area contributed by atoms with Crippen LogP contribution in [0.2, 0.25) is 0 Å². The normalized spacial score (nSPS) is 12.6. The number of nitrogens with two attached hydrogens (primary N) is 2. The zero-order chi connectivity index (χ0) is 14.3. The summed E-state index contributed by atoms with van der Waals surface area (Å²) >= 11 is 0. The van der Waals surface area contributed by atoms with Crippen LogP contribution in [0.4, 0.5) is 5.69 Å². The summed E-state index contributed by atoms with van der Waals surface area (Å²) in [6.45, 7) is 12.3. The predicted molar refractivity (Wildman–Crippen MR) is 76.8 cm³/mol. The minimum atomic E-state index is -0.398. The maximum atomic E-state index is 11.6. The second kappa shape index (κ2) is 4.30. The first-order valence-corrected chi connectivity index (χ1v) is 6.19.